The highest BCUT2D eigenvalue weighted by molar-refractivity contribution is 5.95. The summed E-state index contributed by atoms with van der Waals surface area (Å²) in [6, 6.07) is 12.5. The molecule has 266 valence electrons. The zero-order valence-electron chi connectivity index (χ0n) is 29.7. The van der Waals surface area contributed by atoms with Crippen LogP contribution in [-0.4, -0.2) is 71.6 Å². The van der Waals surface area contributed by atoms with Gasteiger partial charge in [0.2, 0.25) is 17.7 Å². The Bertz CT molecular complexity index is 1580. The summed E-state index contributed by atoms with van der Waals surface area (Å²) in [6.45, 7) is 12.6. The first-order chi connectivity index (χ1) is 23.1. The molecule has 4 atom stereocenters. The highest BCUT2D eigenvalue weighted by atomic mass is 16.6. The van der Waals surface area contributed by atoms with E-state index < -0.39 is 59.6 Å². The van der Waals surface area contributed by atoms with Crippen LogP contribution in [0.4, 0.5) is 4.79 Å². The van der Waals surface area contributed by atoms with Crippen molar-refractivity contribution in [2.75, 3.05) is 7.11 Å². The third kappa shape index (κ3) is 12.0. The van der Waals surface area contributed by atoms with Gasteiger partial charge in [0.15, 0.2) is 0 Å². The second-order valence-electron chi connectivity index (χ2n) is 14.0. The van der Waals surface area contributed by atoms with Crippen molar-refractivity contribution in [2.45, 2.75) is 97.5 Å². The average molecular weight is 678 g/mol. The number of methoxy groups -OCH3 is 1. The fourth-order valence-electron chi connectivity index (χ4n) is 5.36. The maximum atomic E-state index is 14.1. The van der Waals surface area contributed by atoms with Crippen molar-refractivity contribution in [1.29, 1.82) is 0 Å². The molecule has 0 bridgehead atoms. The number of fused-ring (bicyclic) bond motifs is 1. The Morgan fingerprint density at radius 1 is 0.735 bits per heavy atom. The van der Waals surface area contributed by atoms with E-state index in [2.05, 4.69) is 26.3 Å². The largest absolute Gasteiger partial charge is 0.467 e. The molecule has 49 heavy (non-hydrogen) atoms. The first kappa shape index (κ1) is 38.6. The third-order valence-electron chi connectivity index (χ3n) is 7.78. The number of benzene rings is 2. The van der Waals surface area contributed by atoms with Crippen LogP contribution in [0.3, 0.4) is 0 Å². The number of rotatable bonds is 15. The van der Waals surface area contributed by atoms with E-state index in [0.717, 1.165) is 22.0 Å². The van der Waals surface area contributed by atoms with Gasteiger partial charge in [0.05, 0.1) is 7.11 Å². The van der Waals surface area contributed by atoms with Crippen LogP contribution in [0, 0.1) is 11.8 Å². The number of para-hydroxylation sites is 1. The molecule has 0 radical (unpaired) electrons. The second-order valence-corrected chi connectivity index (χ2v) is 14.0. The minimum absolute atomic E-state index is 0.0278. The molecule has 0 saturated heterocycles. The van der Waals surface area contributed by atoms with E-state index in [-0.39, 0.29) is 24.7 Å². The number of esters is 1. The van der Waals surface area contributed by atoms with Crippen LogP contribution in [0.15, 0.2) is 60.8 Å². The number of aromatic amines is 1. The summed E-state index contributed by atoms with van der Waals surface area (Å²) in [5, 5.41) is 12.0. The molecule has 4 amide bonds. The maximum absolute atomic E-state index is 14.1. The van der Waals surface area contributed by atoms with E-state index in [1.807, 2.05) is 68.4 Å². The van der Waals surface area contributed by atoms with Crippen molar-refractivity contribution in [1.82, 2.24) is 26.3 Å². The van der Waals surface area contributed by atoms with E-state index in [9.17, 15) is 24.0 Å². The number of alkyl carbamates (subject to hydrolysis) is 1. The number of carbonyl (C=O) groups excluding carboxylic acids is 5. The minimum atomic E-state index is -1.13. The molecule has 1 heterocycles. The summed E-state index contributed by atoms with van der Waals surface area (Å²) in [7, 11) is 1.25. The topological polar surface area (TPSA) is 168 Å². The molecule has 2 aromatic carbocycles. The van der Waals surface area contributed by atoms with Crippen molar-refractivity contribution in [3.63, 3.8) is 0 Å². The molecular formula is C37H51N5O7. The molecule has 0 aliphatic carbocycles. The van der Waals surface area contributed by atoms with Crippen molar-refractivity contribution in [3.8, 4) is 0 Å². The smallest absolute Gasteiger partial charge is 0.408 e. The molecule has 0 aliphatic rings. The monoisotopic (exact) mass is 677 g/mol. The van der Waals surface area contributed by atoms with Gasteiger partial charge in [-0.1, -0.05) is 76.2 Å². The lowest BCUT2D eigenvalue weighted by Gasteiger charge is -2.28. The van der Waals surface area contributed by atoms with E-state index >= 15 is 0 Å². The van der Waals surface area contributed by atoms with Gasteiger partial charge in [-0.05, 0) is 56.2 Å². The first-order valence-corrected chi connectivity index (χ1v) is 16.6. The van der Waals surface area contributed by atoms with Gasteiger partial charge in [-0.15, -0.1) is 0 Å². The Hall–Kier alpha value is -4.87. The van der Waals surface area contributed by atoms with Crippen LogP contribution in [0.5, 0.6) is 0 Å². The quantitative estimate of drug-likeness (QED) is 0.151. The predicted molar refractivity (Wildman–Crippen MR) is 187 cm³/mol. The van der Waals surface area contributed by atoms with Crippen LogP contribution in [0.25, 0.3) is 10.9 Å². The number of amides is 4. The molecule has 0 spiro atoms. The van der Waals surface area contributed by atoms with Gasteiger partial charge in [-0.3, -0.25) is 14.4 Å². The number of ether oxygens (including phenoxy) is 2. The highest BCUT2D eigenvalue weighted by Gasteiger charge is 2.33. The standard InChI is InChI=1S/C37H51N5O7/c1-22(2)18-28(41-36(47)49-37(5,6)7)32(43)39-29(19-24-14-10-9-11-15-24)33(44)40-30(34(45)42-31(23(3)4)35(46)48-8)20-25-21-38-27-17-13-12-16-26(25)27/h9-17,21-23,28-31,38H,18-20H2,1-8H3,(H,39,43)(H,40,44)(H,41,47)(H,42,45)/t28-,29+,30-,31+/m0/s1. The predicted octanol–water partition coefficient (Wildman–Crippen LogP) is 4.18. The number of hydrogen-bond donors (Lipinski definition) is 5. The summed E-state index contributed by atoms with van der Waals surface area (Å²) in [6.07, 6.45) is 1.52. The molecule has 12 heteroatoms. The molecule has 5 N–H and O–H groups in total. The van der Waals surface area contributed by atoms with Gasteiger partial charge in [0.25, 0.3) is 0 Å². The van der Waals surface area contributed by atoms with Crippen LogP contribution in [0.1, 0.15) is 66.0 Å². The lowest BCUT2D eigenvalue weighted by Crippen LogP contribution is -2.59. The van der Waals surface area contributed by atoms with E-state index in [1.165, 1.54) is 7.11 Å². The zero-order valence-corrected chi connectivity index (χ0v) is 29.7. The summed E-state index contributed by atoms with van der Waals surface area (Å²) < 4.78 is 10.3. The Labute approximate surface area is 288 Å². The normalized spacial score (nSPS) is 14.0. The summed E-state index contributed by atoms with van der Waals surface area (Å²) in [5.41, 5.74) is 1.63. The van der Waals surface area contributed by atoms with Crippen molar-refractivity contribution < 1.29 is 33.4 Å². The molecule has 0 aliphatic heterocycles. The summed E-state index contributed by atoms with van der Waals surface area (Å²) >= 11 is 0. The fraction of sp³-hybridized carbons (Fsp3) is 0.486. The van der Waals surface area contributed by atoms with E-state index in [0.29, 0.717) is 6.42 Å². The number of carbonyl (C=O) groups is 5. The van der Waals surface area contributed by atoms with Gasteiger partial charge in [0.1, 0.15) is 29.8 Å². The SMILES string of the molecule is COC(=O)[C@H](NC(=O)[C@H](Cc1c[nH]c2ccccc12)NC(=O)[C@@H](Cc1ccccc1)NC(=O)[C@H](CC(C)C)NC(=O)OC(C)(C)C)C(C)C. The summed E-state index contributed by atoms with van der Waals surface area (Å²) in [4.78, 5) is 70.1. The van der Waals surface area contributed by atoms with Crippen LogP contribution in [-0.2, 0) is 41.5 Å². The lowest BCUT2D eigenvalue weighted by molar-refractivity contribution is -0.146. The van der Waals surface area contributed by atoms with Gasteiger partial charge < -0.3 is 35.7 Å². The third-order valence-corrected chi connectivity index (χ3v) is 7.78. The van der Waals surface area contributed by atoms with Crippen molar-refractivity contribution >= 4 is 40.7 Å². The van der Waals surface area contributed by atoms with Gasteiger partial charge >= 0.3 is 12.1 Å². The fourth-order valence-corrected chi connectivity index (χ4v) is 5.36. The molecule has 0 fully saturated rings. The van der Waals surface area contributed by atoms with Crippen molar-refractivity contribution in [2.24, 2.45) is 11.8 Å². The molecule has 3 aromatic rings. The Kier molecular flexibility index (Phi) is 13.8. The molecule has 1 aromatic heterocycles. The molecule has 0 unspecified atom stereocenters. The Morgan fingerprint density at radius 2 is 1.31 bits per heavy atom. The number of hydrogen-bond acceptors (Lipinski definition) is 7. The lowest BCUT2D eigenvalue weighted by atomic mass is 9.99. The molecule has 0 saturated carbocycles. The van der Waals surface area contributed by atoms with Crippen LogP contribution in [0.2, 0.25) is 0 Å². The summed E-state index contributed by atoms with van der Waals surface area (Å²) in [5.74, 6) is -2.64. The second kappa shape index (κ2) is 17.5. The van der Waals surface area contributed by atoms with Crippen molar-refractivity contribution in [3.05, 3.63) is 71.9 Å². The van der Waals surface area contributed by atoms with E-state index in [1.54, 1.807) is 40.8 Å². The minimum Gasteiger partial charge on any atom is -0.467 e. The zero-order chi connectivity index (χ0) is 36.3. The molecular weight excluding hydrogens is 626 g/mol. The number of nitrogens with one attached hydrogen (secondary N) is 5. The Morgan fingerprint density at radius 3 is 1.90 bits per heavy atom. The van der Waals surface area contributed by atoms with E-state index in [4.69, 9.17) is 9.47 Å². The maximum Gasteiger partial charge on any atom is 0.408 e. The number of H-pyrrole nitrogens is 1. The Balaban J connectivity index is 1.94. The molecule has 3 rings (SSSR count). The van der Waals surface area contributed by atoms with Crippen LogP contribution >= 0.6 is 0 Å². The highest BCUT2D eigenvalue weighted by Crippen LogP contribution is 2.20. The number of aromatic nitrogens is 1. The van der Waals surface area contributed by atoms with Gasteiger partial charge in [0, 0.05) is 29.9 Å². The van der Waals surface area contributed by atoms with Gasteiger partial charge in [-0.25, -0.2) is 9.59 Å². The first-order valence-electron chi connectivity index (χ1n) is 16.6. The molecule has 12 nitrogen and oxygen atoms in total. The van der Waals surface area contributed by atoms with Gasteiger partial charge in [-0.2, -0.15) is 0 Å². The average Bonchev–Trinajstić information content (AvgIpc) is 3.44. The van der Waals surface area contributed by atoms with Crippen LogP contribution < -0.4 is 21.3 Å².